The first-order valence-electron chi connectivity index (χ1n) is 15.6. The van der Waals surface area contributed by atoms with Crippen molar-refractivity contribution < 1.29 is 43.3 Å². The molecule has 1 aromatic carbocycles. The average molecular weight is 681 g/mol. The molecule has 0 aliphatic carbocycles. The third-order valence-electron chi connectivity index (χ3n) is 6.79. The van der Waals surface area contributed by atoms with Gasteiger partial charge in [0.05, 0.1) is 0 Å². The number of nitrogens with zero attached hydrogens (tertiary/aromatic N) is 2. The van der Waals surface area contributed by atoms with Crippen molar-refractivity contribution in [3.05, 3.63) is 29.3 Å². The van der Waals surface area contributed by atoms with E-state index in [0.29, 0.717) is 24.2 Å². The summed E-state index contributed by atoms with van der Waals surface area (Å²) in [6.07, 6.45) is -2.18. The Hall–Kier alpha value is -4.80. The fourth-order valence-corrected chi connectivity index (χ4v) is 4.18. The molecule has 270 valence electrons. The molecular weight excluding hydrogens is 628 g/mol. The van der Waals surface area contributed by atoms with Gasteiger partial charge in [-0.25, -0.2) is 19.2 Å². The van der Waals surface area contributed by atoms with E-state index in [9.17, 15) is 33.9 Å². The molecule has 17 nitrogen and oxygen atoms in total. The molecule has 0 radical (unpaired) electrons. The van der Waals surface area contributed by atoms with Crippen LogP contribution < -0.4 is 32.3 Å². The predicted molar refractivity (Wildman–Crippen MR) is 178 cm³/mol. The summed E-state index contributed by atoms with van der Waals surface area (Å²) < 4.78 is 10.7. The van der Waals surface area contributed by atoms with E-state index in [-0.39, 0.29) is 44.1 Å². The van der Waals surface area contributed by atoms with Crippen LogP contribution in [0.4, 0.5) is 24.9 Å². The summed E-state index contributed by atoms with van der Waals surface area (Å²) >= 11 is 0. The number of carbonyl (C=O) groups excluding carboxylic acids is 5. The van der Waals surface area contributed by atoms with Crippen molar-refractivity contribution in [2.24, 2.45) is 11.7 Å². The zero-order valence-corrected chi connectivity index (χ0v) is 29.1. The number of nitrogens with two attached hydrogens (primary N) is 1. The van der Waals surface area contributed by atoms with Gasteiger partial charge in [0.15, 0.2) is 0 Å². The van der Waals surface area contributed by atoms with E-state index in [2.05, 4.69) is 26.6 Å². The highest BCUT2D eigenvalue weighted by Gasteiger charge is 2.30. The Kier molecular flexibility index (Phi) is 17.0. The smallest absolute Gasteiger partial charge is 0.409 e. The van der Waals surface area contributed by atoms with E-state index >= 15 is 0 Å². The Morgan fingerprint density at radius 3 is 2.19 bits per heavy atom. The molecule has 0 aromatic heterocycles. The van der Waals surface area contributed by atoms with Crippen LogP contribution in [0.25, 0.3) is 0 Å². The quantitative estimate of drug-likeness (QED) is 0.118. The Labute approximate surface area is 281 Å². The number of anilines is 1. The molecule has 48 heavy (non-hydrogen) atoms. The highest BCUT2D eigenvalue weighted by Crippen LogP contribution is 2.20. The minimum Gasteiger partial charge on any atom is -0.465 e. The fourth-order valence-electron chi connectivity index (χ4n) is 4.18. The number of nitrogens with one attached hydrogen (secondary N) is 5. The second-order valence-corrected chi connectivity index (χ2v) is 12.6. The summed E-state index contributed by atoms with van der Waals surface area (Å²) in [6.45, 7) is 9.41. The van der Waals surface area contributed by atoms with Crippen molar-refractivity contribution in [1.82, 2.24) is 31.1 Å². The van der Waals surface area contributed by atoms with Crippen molar-refractivity contribution >= 4 is 41.8 Å². The topological polar surface area (TPSA) is 234 Å². The van der Waals surface area contributed by atoms with E-state index in [4.69, 9.17) is 15.2 Å². The lowest BCUT2D eigenvalue weighted by molar-refractivity contribution is -0.128. The molecule has 7 amide bonds. The Balaban J connectivity index is 3.24. The summed E-state index contributed by atoms with van der Waals surface area (Å²) in [5, 5.41) is 22.8. The largest absolute Gasteiger partial charge is 0.465 e. The first kappa shape index (κ1) is 41.2. The molecule has 2 atom stereocenters. The van der Waals surface area contributed by atoms with Gasteiger partial charge in [-0.2, -0.15) is 0 Å². The number of ether oxygens (including phenoxy) is 2. The van der Waals surface area contributed by atoms with E-state index in [1.165, 1.54) is 11.9 Å². The van der Waals surface area contributed by atoms with Crippen molar-refractivity contribution in [2.45, 2.75) is 78.3 Å². The molecule has 0 aliphatic rings. The van der Waals surface area contributed by atoms with Gasteiger partial charge in [0, 0.05) is 46.0 Å². The molecule has 0 saturated heterocycles. The fraction of sp³-hybridized carbons (Fsp3) is 0.613. The second-order valence-electron chi connectivity index (χ2n) is 12.6. The Bertz CT molecular complexity index is 1270. The first-order chi connectivity index (χ1) is 22.3. The van der Waals surface area contributed by atoms with Crippen molar-refractivity contribution in [2.75, 3.05) is 46.1 Å². The molecule has 1 rings (SSSR count). The maximum atomic E-state index is 13.5. The SMILES string of the molecule is CNCCN(C)C(=O)OCc1ccc(NC(=O)C(CCCNC(N)=O)NC(=O)C(NC(=O)OC(C)(C)C)C(C)C)cc1CN(C)C(=O)O. The predicted octanol–water partition coefficient (Wildman–Crippen LogP) is 2.01. The normalized spacial score (nSPS) is 12.3. The van der Waals surface area contributed by atoms with E-state index in [0.717, 1.165) is 4.90 Å². The van der Waals surface area contributed by atoms with Gasteiger partial charge in [0.1, 0.15) is 24.3 Å². The summed E-state index contributed by atoms with van der Waals surface area (Å²) in [4.78, 5) is 76.9. The van der Waals surface area contributed by atoms with Gasteiger partial charge < -0.3 is 56.7 Å². The molecular formula is C31H52N8O9. The molecule has 0 fully saturated rings. The van der Waals surface area contributed by atoms with Crippen molar-refractivity contribution in [1.29, 1.82) is 0 Å². The van der Waals surface area contributed by atoms with Gasteiger partial charge in [0.25, 0.3) is 0 Å². The van der Waals surface area contributed by atoms with E-state index < -0.39 is 53.8 Å². The summed E-state index contributed by atoms with van der Waals surface area (Å²) in [7, 11) is 4.72. The highest BCUT2D eigenvalue weighted by molar-refractivity contribution is 5.98. The number of hydrogen-bond acceptors (Lipinski definition) is 9. The number of benzene rings is 1. The average Bonchev–Trinajstić information content (AvgIpc) is 2.98. The summed E-state index contributed by atoms with van der Waals surface area (Å²) in [5.74, 6) is -1.60. The Morgan fingerprint density at radius 2 is 1.62 bits per heavy atom. The van der Waals surface area contributed by atoms with Crippen molar-refractivity contribution in [3.63, 3.8) is 0 Å². The van der Waals surface area contributed by atoms with Crippen LogP contribution in [-0.4, -0.2) is 109 Å². The minimum atomic E-state index is -1.19. The lowest BCUT2D eigenvalue weighted by atomic mass is 10.0. The number of likely N-dealkylation sites (N-methyl/N-ethyl adjacent to an activating group) is 2. The maximum absolute atomic E-state index is 13.5. The first-order valence-corrected chi connectivity index (χ1v) is 15.6. The van der Waals surface area contributed by atoms with Crippen LogP contribution in [-0.2, 0) is 32.2 Å². The zero-order chi connectivity index (χ0) is 36.6. The van der Waals surface area contributed by atoms with Gasteiger partial charge in [0.2, 0.25) is 11.8 Å². The van der Waals surface area contributed by atoms with Gasteiger partial charge in [-0.3, -0.25) is 9.59 Å². The van der Waals surface area contributed by atoms with Crippen LogP contribution in [0.1, 0.15) is 58.6 Å². The van der Waals surface area contributed by atoms with Crippen LogP contribution in [0.3, 0.4) is 0 Å². The van der Waals surface area contributed by atoms with Crippen LogP contribution in [0.2, 0.25) is 0 Å². The molecule has 0 spiro atoms. The third kappa shape index (κ3) is 15.7. The van der Waals surface area contributed by atoms with Crippen LogP contribution >= 0.6 is 0 Å². The molecule has 2 unspecified atom stereocenters. The monoisotopic (exact) mass is 680 g/mol. The number of rotatable bonds is 17. The van der Waals surface area contributed by atoms with Gasteiger partial charge in [-0.1, -0.05) is 19.9 Å². The third-order valence-corrected chi connectivity index (χ3v) is 6.79. The van der Waals surface area contributed by atoms with Crippen molar-refractivity contribution in [3.8, 4) is 0 Å². The number of carbonyl (C=O) groups is 6. The summed E-state index contributed by atoms with van der Waals surface area (Å²) in [5.41, 5.74) is 5.62. The maximum Gasteiger partial charge on any atom is 0.409 e. The van der Waals surface area contributed by atoms with E-state index in [1.807, 2.05) is 0 Å². The number of primary amides is 1. The van der Waals surface area contributed by atoms with Crippen LogP contribution in [0, 0.1) is 5.92 Å². The molecule has 0 aliphatic heterocycles. The zero-order valence-electron chi connectivity index (χ0n) is 29.1. The Morgan fingerprint density at radius 1 is 0.958 bits per heavy atom. The van der Waals surface area contributed by atoms with E-state index in [1.54, 1.807) is 66.9 Å². The molecule has 17 heteroatoms. The van der Waals surface area contributed by atoms with Gasteiger partial charge >= 0.3 is 24.3 Å². The molecule has 0 heterocycles. The lowest BCUT2D eigenvalue weighted by Crippen LogP contribution is -2.55. The number of alkyl carbamates (subject to hydrolysis) is 1. The second kappa shape index (κ2) is 19.8. The van der Waals surface area contributed by atoms with Gasteiger partial charge in [-0.05, 0) is 69.8 Å². The number of hydrogen-bond donors (Lipinski definition) is 7. The molecule has 0 saturated carbocycles. The summed E-state index contributed by atoms with van der Waals surface area (Å²) in [6, 6.07) is 1.84. The molecule has 8 N–H and O–H groups in total. The minimum absolute atomic E-state index is 0.0765. The van der Waals surface area contributed by atoms with Crippen LogP contribution in [0.5, 0.6) is 0 Å². The van der Waals surface area contributed by atoms with Crippen LogP contribution in [0.15, 0.2) is 18.2 Å². The standard InChI is InChI=1S/C31H52N8O9/c1-19(2)24(37-28(43)48-31(3,4)5)26(41)36-23(10-9-13-34-27(32)42)25(40)35-22-12-11-20(21(16-22)17-39(8)29(44)45)18-47-30(46)38(7)15-14-33-6/h11-12,16,19,23-24,33H,9-10,13-15,17-18H2,1-8H3,(H,35,40)(H,36,41)(H,37,43)(H,44,45)(H3,32,34,42). The van der Waals surface area contributed by atoms with Gasteiger partial charge in [-0.15, -0.1) is 0 Å². The molecule has 0 bridgehead atoms. The number of urea groups is 1. The molecule has 1 aromatic rings. The lowest BCUT2D eigenvalue weighted by Gasteiger charge is -2.27. The number of amides is 7. The number of carboxylic acid groups (broad SMARTS) is 1. The highest BCUT2D eigenvalue weighted by atomic mass is 16.6.